The highest BCUT2D eigenvalue weighted by Gasteiger charge is 2.24. The van der Waals surface area contributed by atoms with Crippen LogP contribution < -0.4 is 10.5 Å². The fourth-order valence-corrected chi connectivity index (χ4v) is 2.57. The number of nitrogen functional groups attached to an aromatic ring is 1. The van der Waals surface area contributed by atoms with Gasteiger partial charge in [0.25, 0.3) is 5.91 Å². The van der Waals surface area contributed by atoms with Crippen molar-refractivity contribution < 1.29 is 9.53 Å². The van der Waals surface area contributed by atoms with Crippen molar-refractivity contribution >= 4 is 11.6 Å². The number of ether oxygens (including phenoxy) is 1. The molecule has 0 bridgehead atoms. The summed E-state index contributed by atoms with van der Waals surface area (Å²) in [6, 6.07) is 5.36. The van der Waals surface area contributed by atoms with Crippen LogP contribution in [0.2, 0.25) is 0 Å². The highest BCUT2D eigenvalue weighted by Crippen LogP contribution is 2.28. The number of piperidine rings is 1. The van der Waals surface area contributed by atoms with E-state index >= 15 is 0 Å². The van der Waals surface area contributed by atoms with Crippen molar-refractivity contribution in [3.8, 4) is 5.75 Å². The van der Waals surface area contributed by atoms with Gasteiger partial charge in [0.05, 0.1) is 17.9 Å². The molecular formula is C15H22N2O2. The van der Waals surface area contributed by atoms with Gasteiger partial charge in [-0.05, 0) is 37.8 Å². The maximum atomic E-state index is 12.6. The summed E-state index contributed by atoms with van der Waals surface area (Å²) < 4.78 is 5.53. The number of hydrogen-bond acceptors (Lipinski definition) is 3. The number of benzene rings is 1. The molecule has 1 aromatic carbocycles. The van der Waals surface area contributed by atoms with E-state index in [1.165, 1.54) is 6.42 Å². The molecule has 0 radical (unpaired) electrons. The zero-order valence-corrected chi connectivity index (χ0v) is 11.7. The molecule has 4 heteroatoms. The number of rotatable bonds is 3. The SMILES string of the molecule is CCOc1c(N)cccc1C(=O)N1CCCC(C)C1. The van der Waals surface area contributed by atoms with E-state index in [9.17, 15) is 4.79 Å². The number of hydrogen-bond donors (Lipinski definition) is 1. The quantitative estimate of drug-likeness (QED) is 0.852. The maximum absolute atomic E-state index is 12.6. The van der Waals surface area contributed by atoms with Gasteiger partial charge in [-0.2, -0.15) is 0 Å². The van der Waals surface area contributed by atoms with Crippen molar-refractivity contribution in [3.63, 3.8) is 0 Å². The Hall–Kier alpha value is -1.71. The van der Waals surface area contributed by atoms with E-state index in [-0.39, 0.29) is 5.91 Å². The first-order valence-corrected chi connectivity index (χ1v) is 6.94. The van der Waals surface area contributed by atoms with E-state index in [0.29, 0.717) is 29.5 Å². The fourth-order valence-electron chi connectivity index (χ4n) is 2.57. The van der Waals surface area contributed by atoms with Gasteiger partial charge < -0.3 is 15.4 Å². The molecule has 0 aromatic heterocycles. The number of carbonyl (C=O) groups excluding carboxylic acids is 1. The number of para-hydroxylation sites is 1. The minimum Gasteiger partial charge on any atom is -0.491 e. The predicted molar refractivity (Wildman–Crippen MR) is 76.3 cm³/mol. The van der Waals surface area contributed by atoms with Crippen LogP contribution in [0.1, 0.15) is 37.0 Å². The van der Waals surface area contributed by atoms with Crippen molar-refractivity contribution in [2.24, 2.45) is 5.92 Å². The van der Waals surface area contributed by atoms with Crippen LogP contribution in [0.15, 0.2) is 18.2 Å². The zero-order valence-electron chi connectivity index (χ0n) is 11.7. The second-order valence-corrected chi connectivity index (χ2v) is 5.16. The predicted octanol–water partition coefficient (Wildman–Crippen LogP) is 2.54. The molecule has 1 aliphatic rings. The van der Waals surface area contributed by atoms with Crippen LogP contribution >= 0.6 is 0 Å². The lowest BCUT2D eigenvalue weighted by atomic mass is 9.99. The first-order valence-electron chi connectivity index (χ1n) is 6.94. The molecule has 19 heavy (non-hydrogen) atoms. The molecule has 4 nitrogen and oxygen atoms in total. The van der Waals surface area contributed by atoms with Crippen LogP contribution in [0.25, 0.3) is 0 Å². The number of nitrogens with zero attached hydrogens (tertiary/aromatic N) is 1. The smallest absolute Gasteiger partial charge is 0.257 e. The Labute approximate surface area is 114 Å². The van der Waals surface area contributed by atoms with Gasteiger partial charge in [0.1, 0.15) is 0 Å². The summed E-state index contributed by atoms with van der Waals surface area (Å²) in [6.45, 7) is 6.22. The van der Waals surface area contributed by atoms with Gasteiger partial charge >= 0.3 is 0 Å². The molecule has 2 rings (SSSR count). The minimum absolute atomic E-state index is 0.0299. The third-order valence-corrected chi connectivity index (χ3v) is 3.51. The number of likely N-dealkylation sites (tertiary alicyclic amines) is 1. The van der Waals surface area contributed by atoms with Crippen LogP contribution in [-0.4, -0.2) is 30.5 Å². The number of carbonyl (C=O) groups is 1. The number of amides is 1. The first-order chi connectivity index (χ1) is 9.13. The van der Waals surface area contributed by atoms with Gasteiger partial charge in [0.15, 0.2) is 5.75 Å². The van der Waals surface area contributed by atoms with Crippen LogP contribution in [0.5, 0.6) is 5.75 Å². The number of anilines is 1. The molecule has 0 saturated carbocycles. The molecule has 1 amide bonds. The Morgan fingerprint density at radius 2 is 2.32 bits per heavy atom. The summed E-state index contributed by atoms with van der Waals surface area (Å²) >= 11 is 0. The lowest BCUT2D eigenvalue weighted by molar-refractivity contribution is 0.0679. The molecule has 1 saturated heterocycles. The second-order valence-electron chi connectivity index (χ2n) is 5.16. The van der Waals surface area contributed by atoms with Gasteiger partial charge in [-0.1, -0.05) is 13.0 Å². The molecule has 1 fully saturated rings. The molecule has 2 N–H and O–H groups in total. The normalized spacial score (nSPS) is 19.3. The second kappa shape index (κ2) is 5.95. The zero-order chi connectivity index (χ0) is 13.8. The standard InChI is InChI=1S/C15H22N2O2/c1-3-19-14-12(7-4-8-13(14)16)15(18)17-9-5-6-11(2)10-17/h4,7-8,11H,3,5-6,9-10,16H2,1-2H3. The average Bonchev–Trinajstić information content (AvgIpc) is 2.40. The Morgan fingerprint density at radius 3 is 3.00 bits per heavy atom. The van der Waals surface area contributed by atoms with E-state index in [1.54, 1.807) is 18.2 Å². The largest absolute Gasteiger partial charge is 0.491 e. The van der Waals surface area contributed by atoms with Crippen molar-refractivity contribution in [3.05, 3.63) is 23.8 Å². The van der Waals surface area contributed by atoms with E-state index in [1.807, 2.05) is 11.8 Å². The summed E-state index contributed by atoms with van der Waals surface area (Å²) in [5.41, 5.74) is 7.01. The van der Waals surface area contributed by atoms with Crippen molar-refractivity contribution in [1.29, 1.82) is 0 Å². The summed E-state index contributed by atoms with van der Waals surface area (Å²) in [6.07, 6.45) is 2.26. The van der Waals surface area contributed by atoms with Crippen molar-refractivity contribution in [1.82, 2.24) is 4.90 Å². The molecule has 0 spiro atoms. The Kier molecular flexibility index (Phi) is 4.30. The molecule has 0 aliphatic carbocycles. The Morgan fingerprint density at radius 1 is 1.53 bits per heavy atom. The highest BCUT2D eigenvalue weighted by molar-refractivity contribution is 5.98. The van der Waals surface area contributed by atoms with Crippen molar-refractivity contribution in [2.75, 3.05) is 25.4 Å². The summed E-state index contributed by atoms with van der Waals surface area (Å²) in [4.78, 5) is 14.5. The van der Waals surface area contributed by atoms with Crippen LogP contribution in [0.3, 0.4) is 0 Å². The van der Waals surface area contributed by atoms with E-state index in [4.69, 9.17) is 10.5 Å². The fraction of sp³-hybridized carbons (Fsp3) is 0.533. The van der Waals surface area contributed by atoms with E-state index in [0.717, 1.165) is 19.5 Å². The third kappa shape index (κ3) is 3.00. The van der Waals surface area contributed by atoms with Gasteiger partial charge in [0, 0.05) is 13.1 Å². The van der Waals surface area contributed by atoms with Gasteiger partial charge in [0.2, 0.25) is 0 Å². The average molecular weight is 262 g/mol. The molecule has 1 aromatic rings. The van der Waals surface area contributed by atoms with Gasteiger partial charge in [-0.3, -0.25) is 4.79 Å². The summed E-state index contributed by atoms with van der Waals surface area (Å²) in [5, 5.41) is 0. The minimum atomic E-state index is 0.0299. The van der Waals surface area contributed by atoms with Crippen LogP contribution in [0.4, 0.5) is 5.69 Å². The maximum Gasteiger partial charge on any atom is 0.257 e. The molecule has 1 atom stereocenters. The van der Waals surface area contributed by atoms with E-state index in [2.05, 4.69) is 6.92 Å². The molecule has 1 heterocycles. The lowest BCUT2D eigenvalue weighted by Crippen LogP contribution is -2.39. The van der Waals surface area contributed by atoms with Gasteiger partial charge in [-0.15, -0.1) is 0 Å². The molecule has 1 aliphatic heterocycles. The Bertz CT molecular complexity index is 459. The summed E-state index contributed by atoms with van der Waals surface area (Å²) in [7, 11) is 0. The third-order valence-electron chi connectivity index (χ3n) is 3.51. The topological polar surface area (TPSA) is 55.6 Å². The number of nitrogens with two attached hydrogens (primary N) is 1. The van der Waals surface area contributed by atoms with Crippen LogP contribution in [0, 0.1) is 5.92 Å². The molecular weight excluding hydrogens is 240 g/mol. The lowest BCUT2D eigenvalue weighted by Gasteiger charge is -2.31. The molecule has 1 unspecified atom stereocenters. The molecule has 104 valence electrons. The first kappa shape index (κ1) is 13.7. The highest BCUT2D eigenvalue weighted by atomic mass is 16.5. The van der Waals surface area contributed by atoms with Crippen molar-refractivity contribution in [2.45, 2.75) is 26.7 Å². The van der Waals surface area contributed by atoms with Gasteiger partial charge in [-0.25, -0.2) is 0 Å². The van der Waals surface area contributed by atoms with Crippen LogP contribution in [-0.2, 0) is 0 Å². The summed E-state index contributed by atoms with van der Waals surface area (Å²) in [5.74, 6) is 1.12. The Balaban J connectivity index is 2.25. The van der Waals surface area contributed by atoms with E-state index < -0.39 is 0 Å². The monoisotopic (exact) mass is 262 g/mol.